The van der Waals surface area contributed by atoms with Crippen molar-refractivity contribution >= 4 is 21.6 Å². The SMILES string of the molecule is CN1CCC(Cc2cccc(Br)c2N)C1. The Balaban J connectivity index is 2.07. The van der Waals surface area contributed by atoms with Gasteiger partial charge < -0.3 is 10.6 Å². The number of likely N-dealkylation sites (tertiary alicyclic amines) is 1. The van der Waals surface area contributed by atoms with Gasteiger partial charge in [-0.1, -0.05) is 12.1 Å². The Bertz CT molecular complexity index is 351. The van der Waals surface area contributed by atoms with E-state index in [2.05, 4.69) is 40.0 Å². The molecule has 0 saturated carbocycles. The number of anilines is 1. The molecule has 2 rings (SSSR count). The van der Waals surface area contributed by atoms with Gasteiger partial charge in [-0.2, -0.15) is 0 Å². The summed E-state index contributed by atoms with van der Waals surface area (Å²) in [6.07, 6.45) is 2.40. The van der Waals surface area contributed by atoms with E-state index in [4.69, 9.17) is 5.73 Å². The number of benzene rings is 1. The molecule has 1 aromatic rings. The molecule has 1 atom stereocenters. The molecule has 82 valence electrons. The molecular weight excluding hydrogens is 252 g/mol. The molecule has 2 nitrogen and oxygen atoms in total. The van der Waals surface area contributed by atoms with Crippen LogP contribution in [0.15, 0.2) is 22.7 Å². The number of nitrogens with two attached hydrogens (primary N) is 1. The first kappa shape index (κ1) is 11.0. The topological polar surface area (TPSA) is 29.3 Å². The third kappa shape index (κ3) is 2.52. The fourth-order valence-corrected chi connectivity index (χ4v) is 2.67. The Labute approximate surface area is 99.6 Å². The van der Waals surface area contributed by atoms with Gasteiger partial charge in [0, 0.05) is 16.7 Å². The predicted molar refractivity (Wildman–Crippen MR) is 67.9 cm³/mol. The second-order valence-corrected chi connectivity index (χ2v) is 5.29. The van der Waals surface area contributed by atoms with Gasteiger partial charge in [0.2, 0.25) is 0 Å². The van der Waals surface area contributed by atoms with E-state index in [0.29, 0.717) is 0 Å². The van der Waals surface area contributed by atoms with E-state index in [0.717, 1.165) is 22.5 Å². The van der Waals surface area contributed by atoms with Crippen molar-refractivity contribution in [2.75, 3.05) is 25.9 Å². The highest BCUT2D eigenvalue weighted by atomic mass is 79.9. The lowest BCUT2D eigenvalue weighted by Gasteiger charge is -2.12. The van der Waals surface area contributed by atoms with Crippen LogP contribution in [-0.2, 0) is 6.42 Å². The Morgan fingerprint density at radius 1 is 1.53 bits per heavy atom. The van der Waals surface area contributed by atoms with Gasteiger partial charge in [-0.15, -0.1) is 0 Å². The van der Waals surface area contributed by atoms with Gasteiger partial charge in [0.05, 0.1) is 0 Å². The molecule has 2 N–H and O–H groups in total. The molecule has 0 aromatic heterocycles. The summed E-state index contributed by atoms with van der Waals surface area (Å²) in [6, 6.07) is 6.20. The minimum absolute atomic E-state index is 0.770. The number of hydrogen-bond acceptors (Lipinski definition) is 2. The third-order valence-corrected chi connectivity index (χ3v) is 3.83. The van der Waals surface area contributed by atoms with Crippen LogP contribution in [-0.4, -0.2) is 25.0 Å². The normalized spacial score (nSPS) is 22.1. The van der Waals surface area contributed by atoms with E-state index in [-0.39, 0.29) is 0 Å². The van der Waals surface area contributed by atoms with E-state index in [9.17, 15) is 0 Å². The van der Waals surface area contributed by atoms with Crippen molar-refractivity contribution < 1.29 is 0 Å². The Morgan fingerprint density at radius 2 is 2.33 bits per heavy atom. The quantitative estimate of drug-likeness (QED) is 0.836. The van der Waals surface area contributed by atoms with Crippen molar-refractivity contribution in [2.45, 2.75) is 12.8 Å². The number of halogens is 1. The van der Waals surface area contributed by atoms with Crippen LogP contribution in [0.5, 0.6) is 0 Å². The largest absolute Gasteiger partial charge is 0.398 e. The predicted octanol–water partition coefficient (Wildman–Crippen LogP) is 2.53. The first-order valence-corrected chi connectivity index (χ1v) is 6.17. The molecule has 0 amide bonds. The van der Waals surface area contributed by atoms with E-state index in [1.165, 1.54) is 25.1 Å². The summed E-state index contributed by atoms with van der Waals surface area (Å²) in [6.45, 7) is 2.42. The Hall–Kier alpha value is -0.540. The van der Waals surface area contributed by atoms with Crippen molar-refractivity contribution in [1.29, 1.82) is 0 Å². The second kappa shape index (κ2) is 4.54. The lowest BCUT2D eigenvalue weighted by molar-refractivity contribution is 0.394. The van der Waals surface area contributed by atoms with Crippen molar-refractivity contribution in [3.63, 3.8) is 0 Å². The molecule has 3 heteroatoms. The highest BCUT2D eigenvalue weighted by molar-refractivity contribution is 9.10. The summed E-state index contributed by atoms with van der Waals surface area (Å²) in [5, 5.41) is 0. The van der Waals surface area contributed by atoms with Crippen molar-refractivity contribution in [1.82, 2.24) is 4.90 Å². The molecule has 1 unspecified atom stereocenters. The molecule has 0 radical (unpaired) electrons. The zero-order valence-corrected chi connectivity index (χ0v) is 10.6. The Kier molecular flexibility index (Phi) is 3.32. The average molecular weight is 269 g/mol. The lowest BCUT2D eigenvalue weighted by Crippen LogP contribution is -2.15. The van der Waals surface area contributed by atoms with Crippen LogP contribution in [0.1, 0.15) is 12.0 Å². The van der Waals surface area contributed by atoms with Crippen LogP contribution in [0.25, 0.3) is 0 Å². The zero-order valence-electron chi connectivity index (χ0n) is 9.04. The molecular formula is C12H17BrN2. The van der Waals surface area contributed by atoms with Gasteiger partial charge in [0.1, 0.15) is 0 Å². The standard InChI is InChI=1S/C12H17BrN2/c1-15-6-5-9(8-15)7-10-3-2-4-11(13)12(10)14/h2-4,9H,5-8,14H2,1H3. The molecule has 0 aliphatic carbocycles. The summed E-state index contributed by atoms with van der Waals surface area (Å²) in [7, 11) is 2.18. The Morgan fingerprint density at radius 3 is 3.00 bits per heavy atom. The van der Waals surface area contributed by atoms with Gasteiger partial charge in [-0.3, -0.25) is 0 Å². The van der Waals surface area contributed by atoms with Crippen molar-refractivity contribution in [3.8, 4) is 0 Å². The van der Waals surface area contributed by atoms with E-state index in [1.807, 2.05) is 6.07 Å². The summed E-state index contributed by atoms with van der Waals surface area (Å²) in [4.78, 5) is 2.39. The van der Waals surface area contributed by atoms with Crippen LogP contribution in [0.3, 0.4) is 0 Å². The van der Waals surface area contributed by atoms with Gasteiger partial charge in [-0.25, -0.2) is 0 Å². The minimum atomic E-state index is 0.770. The summed E-state index contributed by atoms with van der Waals surface area (Å²) in [5.74, 6) is 0.770. The fraction of sp³-hybridized carbons (Fsp3) is 0.500. The van der Waals surface area contributed by atoms with Crippen LogP contribution in [0.2, 0.25) is 0 Å². The number of hydrogen-bond donors (Lipinski definition) is 1. The van der Waals surface area contributed by atoms with Crippen molar-refractivity contribution in [2.24, 2.45) is 5.92 Å². The first-order valence-electron chi connectivity index (χ1n) is 5.38. The van der Waals surface area contributed by atoms with Crippen LogP contribution in [0, 0.1) is 5.92 Å². The number of nitrogens with zero attached hydrogens (tertiary/aromatic N) is 1. The van der Waals surface area contributed by atoms with Gasteiger partial charge in [0.25, 0.3) is 0 Å². The smallest absolute Gasteiger partial charge is 0.0491 e. The van der Waals surface area contributed by atoms with E-state index in [1.54, 1.807) is 0 Å². The van der Waals surface area contributed by atoms with Gasteiger partial charge in [-0.05, 0) is 59.9 Å². The molecule has 1 saturated heterocycles. The fourth-order valence-electron chi connectivity index (χ4n) is 2.26. The molecule has 15 heavy (non-hydrogen) atoms. The molecule has 1 heterocycles. The number of para-hydroxylation sites is 1. The number of rotatable bonds is 2. The van der Waals surface area contributed by atoms with Gasteiger partial charge in [0.15, 0.2) is 0 Å². The van der Waals surface area contributed by atoms with E-state index < -0.39 is 0 Å². The third-order valence-electron chi connectivity index (χ3n) is 3.14. The maximum Gasteiger partial charge on any atom is 0.0491 e. The summed E-state index contributed by atoms with van der Waals surface area (Å²) >= 11 is 3.47. The van der Waals surface area contributed by atoms with E-state index >= 15 is 0 Å². The monoisotopic (exact) mass is 268 g/mol. The highest BCUT2D eigenvalue weighted by Gasteiger charge is 2.20. The second-order valence-electron chi connectivity index (χ2n) is 4.43. The van der Waals surface area contributed by atoms with Gasteiger partial charge >= 0.3 is 0 Å². The number of nitrogen functional groups attached to an aromatic ring is 1. The first-order chi connectivity index (χ1) is 7.16. The maximum atomic E-state index is 6.03. The van der Waals surface area contributed by atoms with Crippen LogP contribution < -0.4 is 5.73 Å². The molecule has 1 aliphatic rings. The molecule has 0 spiro atoms. The summed E-state index contributed by atoms with van der Waals surface area (Å²) in [5.41, 5.74) is 8.23. The highest BCUT2D eigenvalue weighted by Crippen LogP contribution is 2.27. The minimum Gasteiger partial charge on any atom is -0.398 e. The summed E-state index contributed by atoms with van der Waals surface area (Å²) < 4.78 is 1.02. The average Bonchev–Trinajstić information content (AvgIpc) is 2.59. The molecule has 1 aromatic carbocycles. The van der Waals surface area contributed by atoms with Crippen LogP contribution in [0.4, 0.5) is 5.69 Å². The molecule has 0 bridgehead atoms. The maximum absolute atomic E-state index is 6.03. The molecule has 1 fully saturated rings. The van der Waals surface area contributed by atoms with Crippen molar-refractivity contribution in [3.05, 3.63) is 28.2 Å². The lowest BCUT2D eigenvalue weighted by atomic mass is 9.97. The van der Waals surface area contributed by atoms with Crippen LogP contribution >= 0.6 is 15.9 Å². The molecule has 1 aliphatic heterocycles. The zero-order chi connectivity index (χ0) is 10.8.